The number of hydrogen-bond donors (Lipinski definition) is 3. The molecule has 0 spiro atoms. The highest BCUT2D eigenvalue weighted by Gasteiger charge is 2.36. The van der Waals surface area contributed by atoms with Crippen LogP contribution in [0.3, 0.4) is 0 Å². The molecule has 1 aromatic carbocycles. The minimum atomic E-state index is -0.872. The van der Waals surface area contributed by atoms with Crippen molar-refractivity contribution in [1.82, 2.24) is 0 Å². The van der Waals surface area contributed by atoms with Crippen molar-refractivity contribution in [2.75, 3.05) is 0 Å². The second kappa shape index (κ2) is 11.0. The average molecular weight is 453 g/mol. The molecule has 1 saturated carbocycles. The van der Waals surface area contributed by atoms with E-state index in [1.54, 1.807) is 6.07 Å². The Bertz CT molecular complexity index is 685. The minimum Gasteiger partial charge on any atom is -0.507 e. The molecule has 28 heavy (non-hydrogen) atoms. The van der Waals surface area contributed by atoms with Crippen molar-refractivity contribution in [3.05, 3.63) is 39.9 Å². The molecule has 3 N–H and O–H groups in total. The molecule has 0 aliphatic heterocycles. The highest BCUT2D eigenvalue weighted by Crippen LogP contribution is 2.46. The van der Waals surface area contributed by atoms with Gasteiger partial charge in [0.1, 0.15) is 5.75 Å². The van der Waals surface area contributed by atoms with Gasteiger partial charge >= 0.3 is 5.97 Å². The molecular weight excluding hydrogens is 420 g/mol. The molecule has 0 amide bonds. The molecule has 0 radical (unpaired) electrons. The predicted octanol–water partition coefficient (Wildman–Crippen LogP) is 5.76. The lowest BCUT2D eigenvalue weighted by Gasteiger charge is -2.23. The summed E-state index contributed by atoms with van der Waals surface area (Å²) in [6.45, 7) is 4.41. The van der Waals surface area contributed by atoms with E-state index >= 15 is 0 Å². The number of carboxylic acids is 1. The zero-order valence-corrected chi connectivity index (χ0v) is 18.5. The summed E-state index contributed by atoms with van der Waals surface area (Å²) >= 11 is 3.73. The lowest BCUT2D eigenvalue weighted by Crippen LogP contribution is -2.17. The van der Waals surface area contributed by atoms with E-state index in [1.807, 2.05) is 12.1 Å². The molecule has 0 heterocycles. The Hall–Kier alpha value is -1.33. The first-order chi connectivity index (χ1) is 13.3. The summed E-state index contributed by atoms with van der Waals surface area (Å²) < 4.78 is 1.13. The minimum absolute atomic E-state index is 0.00550. The number of aryl methyl sites for hydroxylation is 1. The van der Waals surface area contributed by atoms with Gasteiger partial charge in [0.25, 0.3) is 0 Å². The number of phenolic OH excluding ortho intramolecular Hbond substituents is 1. The van der Waals surface area contributed by atoms with Crippen LogP contribution in [0.4, 0.5) is 0 Å². The van der Waals surface area contributed by atoms with E-state index < -0.39 is 12.1 Å². The molecule has 0 bridgehead atoms. The molecule has 4 atom stereocenters. The van der Waals surface area contributed by atoms with E-state index in [0.717, 1.165) is 22.9 Å². The normalized spacial score (nSPS) is 23.7. The van der Waals surface area contributed by atoms with Gasteiger partial charge in [-0.25, -0.2) is 0 Å². The zero-order chi connectivity index (χ0) is 20.7. The largest absolute Gasteiger partial charge is 0.507 e. The zero-order valence-electron chi connectivity index (χ0n) is 16.9. The van der Waals surface area contributed by atoms with Gasteiger partial charge in [-0.3, -0.25) is 4.79 Å². The van der Waals surface area contributed by atoms with Crippen LogP contribution in [0, 0.1) is 11.8 Å². The SMILES string of the molecule is CCCCCC(C)/C(Br)=C/C1[C@H](O)CC[C@@H]1c1cccc(CCC(=O)O)c1O. The fourth-order valence-electron chi connectivity index (χ4n) is 4.13. The number of aromatic hydroxyl groups is 1. The fourth-order valence-corrected chi connectivity index (χ4v) is 4.67. The number of aliphatic carboxylic acids is 1. The third kappa shape index (κ3) is 6.08. The van der Waals surface area contributed by atoms with Gasteiger partial charge in [-0.2, -0.15) is 0 Å². The van der Waals surface area contributed by atoms with Crippen LogP contribution >= 0.6 is 15.9 Å². The van der Waals surface area contributed by atoms with Gasteiger partial charge in [0.05, 0.1) is 6.10 Å². The summed E-state index contributed by atoms with van der Waals surface area (Å²) in [6.07, 6.45) is 8.28. The predicted molar refractivity (Wildman–Crippen MR) is 116 cm³/mol. The van der Waals surface area contributed by atoms with E-state index in [0.29, 0.717) is 24.3 Å². The summed E-state index contributed by atoms with van der Waals surface area (Å²) in [5.74, 6) is -0.287. The maximum Gasteiger partial charge on any atom is 0.303 e. The van der Waals surface area contributed by atoms with Crippen LogP contribution in [-0.2, 0) is 11.2 Å². The molecule has 0 aromatic heterocycles. The second-order valence-corrected chi connectivity index (χ2v) is 8.94. The number of phenols is 1. The Morgan fingerprint density at radius 2 is 2.07 bits per heavy atom. The molecule has 5 heteroatoms. The number of rotatable bonds is 10. The van der Waals surface area contributed by atoms with E-state index in [9.17, 15) is 15.0 Å². The van der Waals surface area contributed by atoms with Crippen LogP contribution in [0.5, 0.6) is 5.75 Å². The summed E-state index contributed by atoms with van der Waals surface area (Å²) in [6, 6.07) is 5.56. The number of aliphatic hydroxyl groups is 1. The monoisotopic (exact) mass is 452 g/mol. The summed E-state index contributed by atoms with van der Waals surface area (Å²) in [4.78, 5) is 10.9. The second-order valence-electron chi connectivity index (χ2n) is 8.03. The van der Waals surface area contributed by atoms with Crippen LogP contribution in [-0.4, -0.2) is 27.4 Å². The van der Waals surface area contributed by atoms with E-state index in [1.165, 1.54) is 19.3 Å². The number of aliphatic hydroxyl groups excluding tert-OH is 1. The number of unbranched alkanes of at least 4 members (excludes halogenated alkanes) is 2. The smallest absolute Gasteiger partial charge is 0.303 e. The topological polar surface area (TPSA) is 77.8 Å². The van der Waals surface area contributed by atoms with Gasteiger partial charge < -0.3 is 15.3 Å². The van der Waals surface area contributed by atoms with Gasteiger partial charge in [0.15, 0.2) is 0 Å². The molecule has 1 aliphatic rings. The molecule has 156 valence electrons. The maximum absolute atomic E-state index is 10.9. The molecule has 2 unspecified atom stereocenters. The number of halogens is 1. The van der Waals surface area contributed by atoms with Crippen molar-refractivity contribution >= 4 is 21.9 Å². The summed E-state index contributed by atoms with van der Waals surface area (Å²) in [5, 5.41) is 30.2. The Balaban J connectivity index is 2.19. The van der Waals surface area contributed by atoms with E-state index in [4.69, 9.17) is 5.11 Å². The molecule has 4 nitrogen and oxygen atoms in total. The third-order valence-corrected chi connectivity index (χ3v) is 6.95. The van der Waals surface area contributed by atoms with Gasteiger partial charge in [-0.05, 0) is 53.1 Å². The standard InChI is InChI=1S/C23H33BrO4/c1-3-4-5-7-15(2)20(24)14-19-17(11-12-21(19)25)18-9-6-8-16(23(18)28)10-13-22(26)27/h6,8-9,14-15,17,19,21,25,28H,3-5,7,10-13H2,1-2H3,(H,26,27)/b20-14-/t15?,17-,19?,21-/m1/s1. The first kappa shape index (κ1) is 23.0. The van der Waals surface area contributed by atoms with Crippen LogP contribution < -0.4 is 0 Å². The first-order valence-corrected chi connectivity index (χ1v) is 11.2. The fraction of sp³-hybridized carbons (Fsp3) is 0.609. The van der Waals surface area contributed by atoms with Crippen LogP contribution in [0.15, 0.2) is 28.8 Å². The molecule has 1 aliphatic carbocycles. The maximum atomic E-state index is 10.9. The van der Waals surface area contributed by atoms with Crippen molar-refractivity contribution in [1.29, 1.82) is 0 Å². The van der Waals surface area contributed by atoms with Crippen molar-refractivity contribution in [2.24, 2.45) is 11.8 Å². The number of allylic oxidation sites excluding steroid dienone is 1. The Labute approximate surface area is 176 Å². The number of carbonyl (C=O) groups is 1. The van der Waals surface area contributed by atoms with Crippen molar-refractivity contribution in [3.8, 4) is 5.75 Å². The van der Waals surface area contributed by atoms with Crippen molar-refractivity contribution in [2.45, 2.75) is 77.2 Å². The van der Waals surface area contributed by atoms with Crippen molar-refractivity contribution < 1.29 is 20.1 Å². The van der Waals surface area contributed by atoms with Gasteiger partial charge in [-0.1, -0.05) is 73.3 Å². The Kier molecular flexibility index (Phi) is 9.03. The Morgan fingerprint density at radius 3 is 2.75 bits per heavy atom. The highest BCUT2D eigenvalue weighted by molar-refractivity contribution is 9.11. The van der Waals surface area contributed by atoms with Gasteiger partial charge in [0, 0.05) is 12.3 Å². The van der Waals surface area contributed by atoms with E-state index in [-0.39, 0.29) is 24.0 Å². The van der Waals surface area contributed by atoms with Gasteiger partial charge in [-0.15, -0.1) is 0 Å². The summed E-state index contributed by atoms with van der Waals surface area (Å²) in [7, 11) is 0. The quantitative estimate of drug-likeness (QED) is 0.394. The average Bonchev–Trinajstić information content (AvgIpc) is 3.01. The number of hydrogen-bond acceptors (Lipinski definition) is 3. The number of carboxylic acid groups (broad SMARTS) is 1. The third-order valence-electron chi connectivity index (χ3n) is 5.90. The van der Waals surface area contributed by atoms with Crippen LogP contribution in [0.25, 0.3) is 0 Å². The molecule has 0 saturated heterocycles. The first-order valence-electron chi connectivity index (χ1n) is 10.4. The van der Waals surface area contributed by atoms with Crippen LogP contribution in [0.2, 0.25) is 0 Å². The number of benzene rings is 1. The lowest BCUT2D eigenvalue weighted by molar-refractivity contribution is -0.136. The Morgan fingerprint density at radius 1 is 1.32 bits per heavy atom. The molecule has 1 aromatic rings. The molecular formula is C23H33BrO4. The molecule has 1 fully saturated rings. The van der Waals surface area contributed by atoms with Crippen LogP contribution in [0.1, 0.15) is 75.8 Å². The van der Waals surface area contributed by atoms with Gasteiger partial charge in [0.2, 0.25) is 0 Å². The summed E-state index contributed by atoms with van der Waals surface area (Å²) in [5.41, 5.74) is 1.48. The molecule has 2 rings (SSSR count). The van der Waals surface area contributed by atoms with Crippen molar-refractivity contribution in [3.63, 3.8) is 0 Å². The van der Waals surface area contributed by atoms with E-state index in [2.05, 4.69) is 35.9 Å². The highest BCUT2D eigenvalue weighted by atomic mass is 79.9. The number of para-hydroxylation sites is 1. The lowest BCUT2D eigenvalue weighted by atomic mass is 9.85.